The molecule has 2 saturated heterocycles. The third kappa shape index (κ3) is 3.89. The van der Waals surface area contributed by atoms with E-state index in [-0.39, 0.29) is 6.42 Å². The van der Waals surface area contributed by atoms with E-state index in [4.69, 9.17) is 28.1 Å². The van der Waals surface area contributed by atoms with Crippen LogP contribution in [-0.4, -0.2) is 59.7 Å². The lowest BCUT2D eigenvalue weighted by molar-refractivity contribution is -0.325. The number of rotatable bonds is 6. The fraction of sp³-hybridized carbons (Fsp3) is 0.647. The van der Waals surface area contributed by atoms with E-state index in [1.54, 1.807) is 26.0 Å². The summed E-state index contributed by atoms with van der Waals surface area (Å²) < 4.78 is 35.7. The summed E-state index contributed by atoms with van der Waals surface area (Å²) in [5.74, 6) is -6.52. The summed E-state index contributed by atoms with van der Waals surface area (Å²) in [5.41, 5.74) is -2.85. The lowest BCUT2D eigenvalue weighted by Crippen LogP contribution is -2.76. The van der Waals surface area contributed by atoms with Gasteiger partial charge in [-0.25, -0.2) is 9.59 Å². The highest BCUT2D eigenvalue weighted by atomic mass is 16.7. The lowest BCUT2D eigenvalue weighted by Gasteiger charge is -2.66. The standard InChI is InChI=1S/C34H42O11/c1-9-17(2)29(38)44-27-25-28(42-18(3)35)33-20(32(7,34(25,39)45-33)21(30(27,4)5)14-23(36)40-8)10-12-31(6)22(33)15-24(37)43-26(31)19-11-13-41-16-19/h9,11,13,15-16,20-21,25-28,39H,10,12,14H2,1-8H3/t20-,21+,25-,26+,27-,28-,31-,32-,33-,34+/m0/s1. The Morgan fingerprint density at radius 3 is 2.42 bits per heavy atom. The molecule has 0 radical (unpaired) electrons. The predicted molar refractivity (Wildman–Crippen MR) is 156 cm³/mol. The van der Waals surface area contributed by atoms with Crippen molar-refractivity contribution in [1.29, 1.82) is 0 Å². The van der Waals surface area contributed by atoms with Gasteiger partial charge in [0.25, 0.3) is 0 Å². The first kappa shape index (κ1) is 31.5. The molecule has 11 nitrogen and oxygen atoms in total. The number of carbonyl (C=O) groups excluding carboxylic acids is 4. The second-order valence-corrected chi connectivity index (χ2v) is 14.3. The van der Waals surface area contributed by atoms with Crippen molar-refractivity contribution >= 4 is 23.9 Å². The molecule has 45 heavy (non-hydrogen) atoms. The molecule has 6 rings (SSSR count). The molecule has 244 valence electrons. The van der Waals surface area contributed by atoms with E-state index in [9.17, 15) is 24.3 Å². The van der Waals surface area contributed by atoms with Crippen LogP contribution in [0.4, 0.5) is 0 Å². The van der Waals surface area contributed by atoms with Crippen molar-refractivity contribution in [3.05, 3.63) is 47.5 Å². The molecular formula is C34H42O11. The first-order chi connectivity index (χ1) is 21.0. The van der Waals surface area contributed by atoms with Crippen molar-refractivity contribution in [2.24, 2.45) is 34.0 Å². The number of methoxy groups -OCH3 is 1. The molecule has 2 bridgehead atoms. The van der Waals surface area contributed by atoms with E-state index < -0.39 is 87.6 Å². The van der Waals surface area contributed by atoms with Gasteiger partial charge in [-0.1, -0.05) is 33.8 Å². The van der Waals surface area contributed by atoms with Gasteiger partial charge in [0.1, 0.15) is 23.9 Å². The van der Waals surface area contributed by atoms with Crippen LogP contribution in [-0.2, 0) is 42.9 Å². The SMILES string of the molecule is CC=C(C)C(=O)O[C@H]1[C@H]2[C@H](OC(C)=O)[C@]34O[C@@]2(O)[C@](C)([C@H](CC(=O)OC)C1(C)C)[C@@H]3CC[C@@]1(C)C4=CC(=O)O[C@@H]1c1ccoc1. The average Bonchev–Trinajstić information content (AvgIpc) is 3.64. The summed E-state index contributed by atoms with van der Waals surface area (Å²) in [6.07, 6.45) is 4.06. The van der Waals surface area contributed by atoms with Crippen molar-refractivity contribution in [2.45, 2.75) is 97.4 Å². The highest BCUT2D eigenvalue weighted by Crippen LogP contribution is 2.81. The molecule has 0 unspecified atom stereocenters. The van der Waals surface area contributed by atoms with Crippen LogP contribution >= 0.6 is 0 Å². The first-order valence-electron chi connectivity index (χ1n) is 15.5. The Morgan fingerprint density at radius 2 is 1.82 bits per heavy atom. The van der Waals surface area contributed by atoms with Gasteiger partial charge in [-0.15, -0.1) is 0 Å². The van der Waals surface area contributed by atoms with Crippen molar-refractivity contribution in [2.75, 3.05) is 7.11 Å². The number of hydrogen-bond donors (Lipinski definition) is 1. The van der Waals surface area contributed by atoms with E-state index in [0.29, 0.717) is 29.6 Å². The van der Waals surface area contributed by atoms with E-state index in [0.717, 1.165) is 0 Å². The van der Waals surface area contributed by atoms with Crippen LogP contribution in [0.2, 0.25) is 0 Å². The number of aliphatic hydroxyl groups is 1. The summed E-state index contributed by atoms with van der Waals surface area (Å²) in [6.45, 7) is 12.3. The number of fused-ring (bicyclic) bond motifs is 2. The molecule has 0 amide bonds. The van der Waals surface area contributed by atoms with Crippen LogP contribution < -0.4 is 0 Å². The summed E-state index contributed by atoms with van der Waals surface area (Å²) in [7, 11) is 1.31. The third-order valence-electron chi connectivity index (χ3n) is 12.0. The Balaban J connectivity index is 1.62. The molecule has 11 heteroatoms. The quantitative estimate of drug-likeness (QED) is 0.273. The molecule has 4 fully saturated rings. The molecule has 1 N–H and O–H groups in total. The van der Waals surface area contributed by atoms with Crippen molar-refractivity contribution in [3.63, 3.8) is 0 Å². The van der Waals surface area contributed by atoms with Gasteiger partial charge < -0.3 is 33.2 Å². The Bertz CT molecular complexity index is 1510. The Hall–Kier alpha value is -3.44. The molecule has 0 aromatic carbocycles. The van der Waals surface area contributed by atoms with E-state index in [1.807, 2.05) is 27.7 Å². The van der Waals surface area contributed by atoms with Crippen LogP contribution in [0.5, 0.6) is 0 Å². The summed E-state index contributed by atoms with van der Waals surface area (Å²) in [4.78, 5) is 52.6. The van der Waals surface area contributed by atoms with Crippen molar-refractivity contribution in [1.82, 2.24) is 0 Å². The topological polar surface area (TPSA) is 148 Å². The first-order valence-corrected chi connectivity index (χ1v) is 15.5. The maximum Gasteiger partial charge on any atom is 0.333 e. The summed E-state index contributed by atoms with van der Waals surface area (Å²) >= 11 is 0. The smallest absolute Gasteiger partial charge is 0.333 e. The largest absolute Gasteiger partial charge is 0.472 e. The van der Waals surface area contributed by atoms with Gasteiger partial charge >= 0.3 is 23.9 Å². The van der Waals surface area contributed by atoms with Crippen LogP contribution in [0.3, 0.4) is 0 Å². The van der Waals surface area contributed by atoms with Gasteiger partial charge in [0.2, 0.25) is 0 Å². The maximum absolute atomic E-state index is 13.4. The molecule has 2 saturated carbocycles. The van der Waals surface area contributed by atoms with Crippen LogP contribution in [0, 0.1) is 34.0 Å². The minimum Gasteiger partial charge on any atom is -0.472 e. The van der Waals surface area contributed by atoms with Crippen LogP contribution in [0.15, 0.2) is 46.3 Å². The highest BCUT2D eigenvalue weighted by Gasteiger charge is 2.90. The molecule has 5 aliphatic rings. The molecular weight excluding hydrogens is 584 g/mol. The van der Waals surface area contributed by atoms with Crippen LogP contribution in [0.25, 0.3) is 0 Å². The Morgan fingerprint density at radius 1 is 1.11 bits per heavy atom. The Labute approximate surface area is 262 Å². The number of hydrogen-bond acceptors (Lipinski definition) is 11. The molecule has 2 aliphatic carbocycles. The number of cyclic esters (lactones) is 1. The van der Waals surface area contributed by atoms with Gasteiger partial charge in [0.05, 0.1) is 25.6 Å². The number of ether oxygens (including phenoxy) is 5. The van der Waals surface area contributed by atoms with Gasteiger partial charge in [0.15, 0.2) is 5.79 Å². The van der Waals surface area contributed by atoms with E-state index >= 15 is 0 Å². The second-order valence-electron chi connectivity index (χ2n) is 14.3. The molecule has 1 aromatic rings. The summed E-state index contributed by atoms with van der Waals surface area (Å²) in [6, 6.07) is 1.74. The van der Waals surface area contributed by atoms with Gasteiger partial charge in [-0.2, -0.15) is 0 Å². The lowest BCUT2D eigenvalue weighted by atomic mass is 9.37. The minimum atomic E-state index is -2.03. The predicted octanol–water partition coefficient (Wildman–Crippen LogP) is 4.34. The molecule has 10 atom stereocenters. The second kappa shape index (κ2) is 10.0. The normalized spacial score (nSPS) is 42.6. The zero-order valence-electron chi connectivity index (χ0n) is 27.0. The van der Waals surface area contributed by atoms with Gasteiger partial charge in [-0.05, 0) is 44.2 Å². The molecule has 3 aliphatic heterocycles. The number of allylic oxidation sites excluding steroid dienone is 1. The average molecular weight is 627 g/mol. The summed E-state index contributed by atoms with van der Waals surface area (Å²) in [5, 5.41) is 13.0. The zero-order valence-corrected chi connectivity index (χ0v) is 27.0. The van der Waals surface area contributed by atoms with Gasteiger partial charge in [-0.3, -0.25) is 9.59 Å². The van der Waals surface area contributed by atoms with Crippen molar-refractivity contribution < 1.29 is 52.4 Å². The monoisotopic (exact) mass is 626 g/mol. The van der Waals surface area contributed by atoms with Gasteiger partial charge in [0, 0.05) is 52.7 Å². The number of esters is 4. The van der Waals surface area contributed by atoms with E-state index in [2.05, 4.69) is 0 Å². The maximum atomic E-state index is 13.4. The number of furan rings is 1. The van der Waals surface area contributed by atoms with E-state index in [1.165, 1.54) is 32.6 Å². The zero-order chi connectivity index (χ0) is 32.9. The molecule has 1 spiro atoms. The molecule has 4 heterocycles. The fourth-order valence-corrected chi connectivity index (χ4v) is 9.94. The van der Waals surface area contributed by atoms with Crippen molar-refractivity contribution in [3.8, 4) is 0 Å². The minimum absolute atomic E-state index is 0.0874. The van der Waals surface area contributed by atoms with Crippen LogP contribution in [0.1, 0.15) is 79.4 Å². The third-order valence-corrected chi connectivity index (χ3v) is 12.0. The highest BCUT2D eigenvalue weighted by molar-refractivity contribution is 5.88. The Kier molecular flexibility index (Phi) is 7.03. The fourth-order valence-electron chi connectivity index (χ4n) is 9.94. The number of carbonyl (C=O) groups is 4. The molecule has 1 aromatic heterocycles.